The fourth-order valence-electron chi connectivity index (χ4n) is 5.04. The number of rotatable bonds is 10. The molecule has 1 aliphatic carbocycles. The van der Waals surface area contributed by atoms with Crippen molar-refractivity contribution in [1.29, 1.82) is 10.5 Å². The van der Waals surface area contributed by atoms with E-state index in [2.05, 4.69) is 46.8 Å². The lowest BCUT2D eigenvalue weighted by Crippen LogP contribution is -2.37. The van der Waals surface area contributed by atoms with Gasteiger partial charge in [-0.25, -0.2) is 5.84 Å². The van der Waals surface area contributed by atoms with E-state index in [0.29, 0.717) is 44.1 Å². The van der Waals surface area contributed by atoms with E-state index in [9.17, 15) is 10.5 Å². The Hall–Kier alpha value is -4.76. The van der Waals surface area contributed by atoms with E-state index in [4.69, 9.17) is 23.2 Å². The van der Waals surface area contributed by atoms with Crippen molar-refractivity contribution in [2.24, 2.45) is 11.6 Å². The molecular formula is C32H31ClN8. The van der Waals surface area contributed by atoms with Crippen LogP contribution in [0.1, 0.15) is 60.5 Å². The Morgan fingerprint density at radius 3 is 2.49 bits per heavy atom. The van der Waals surface area contributed by atoms with E-state index in [0.717, 1.165) is 30.4 Å². The average molecular weight is 563 g/mol. The monoisotopic (exact) mass is 562 g/mol. The highest BCUT2D eigenvalue weighted by molar-refractivity contribution is 6.35. The molecule has 8 nitrogen and oxygen atoms in total. The Morgan fingerprint density at radius 2 is 1.83 bits per heavy atom. The zero-order chi connectivity index (χ0) is 28.9. The number of aromatic nitrogens is 1. The number of fused-ring (bicyclic) bond motifs is 1. The van der Waals surface area contributed by atoms with Crippen molar-refractivity contribution in [3.05, 3.63) is 112 Å². The summed E-state index contributed by atoms with van der Waals surface area (Å²) in [6.45, 7) is 2.10. The topological polar surface area (TPSA) is 140 Å². The summed E-state index contributed by atoms with van der Waals surface area (Å²) in [5, 5.41) is 29.5. The first-order valence-electron chi connectivity index (χ1n) is 13.5. The highest BCUT2D eigenvalue weighted by Gasteiger charge is 2.32. The van der Waals surface area contributed by atoms with Crippen LogP contribution in [0, 0.1) is 22.7 Å². The van der Waals surface area contributed by atoms with Gasteiger partial charge in [-0.05, 0) is 54.7 Å². The largest absolute Gasteiger partial charge is 0.403 e. The van der Waals surface area contributed by atoms with Crippen LogP contribution in [-0.2, 0) is 0 Å². The van der Waals surface area contributed by atoms with Crippen molar-refractivity contribution in [1.82, 2.24) is 9.99 Å². The SMILES string of the molecule is CCC(Nc1c(C#N)cnc2c(Cl)cc(NC(/C(=C/N)N(N)C3CC3)c3cccc(C#N)c3)cc12)c1ccccc1. The van der Waals surface area contributed by atoms with Crippen molar-refractivity contribution in [3.63, 3.8) is 0 Å². The molecule has 1 heterocycles. The smallest absolute Gasteiger partial charge is 0.103 e. The van der Waals surface area contributed by atoms with E-state index < -0.39 is 6.04 Å². The van der Waals surface area contributed by atoms with Crippen LogP contribution in [-0.4, -0.2) is 16.0 Å². The quantitative estimate of drug-likeness (QED) is 0.127. The molecule has 2 atom stereocenters. The van der Waals surface area contributed by atoms with Crippen molar-refractivity contribution < 1.29 is 0 Å². The Morgan fingerprint density at radius 1 is 1.07 bits per heavy atom. The second-order valence-corrected chi connectivity index (χ2v) is 10.5. The van der Waals surface area contributed by atoms with Gasteiger partial charge in [-0.15, -0.1) is 0 Å². The van der Waals surface area contributed by atoms with Crippen molar-refractivity contribution in [2.75, 3.05) is 10.6 Å². The number of hydrogen-bond acceptors (Lipinski definition) is 8. The van der Waals surface area contributed by atoms with E-state index in [1.807, 2.05) is 42.5 Å². The normalized spacial score (nSPS) is 14.5. The molecular weight excluding hydrogens is 532 g/mol. The number of anilines is 2. The summed E-state index contributed by atoms with van der Waals surface area (Å²) in [7, 11) is 0. The molecule has 1 saturated carbocycles. The van der Waals surface area contributed by atoms with Crippen molar-refractivity contribution >= 4 is 33.9 Å². The van der Waals surface area contributed by atoms with Crippen molar-refractivity contribution in [3.8, 4) is 12.1 Å². The Balaban J connectivity index is 1.61. The maximum absolute atomic E-state index is 9.99. The lowest BCUT2D eigenvalue weighted by molar-refractivity contribution is 0.328. The summed E-state index contributed by atoms with van der Waals surface area (Å²) < 4.78 is 0. The fourth-order valence-corrected chi connectivity index (χ4v) is 5.31. The highest BCUT2D eigenvalue weighted by atomic mass is 35.5. The van der Waals surface area contributed by atoms with Crippen LogP contribution in [0.25, 0.3) is 10.9 Å². The number of nitrogens with one attached hydrogen (secondary N) is 2. The summed E-state index contributed by atoms with van der Waals surface area (Å²) >= 11 is 6.80. The molecule has 6 N–H and O–H groups in total. The molecule has 1 aromatic heterocycles. The lowest BCUT2D eigenvalue weighted by atomic mass is 10.00. The van der Waals surface area contributed by atoms with Gasteiger partial charge in [0.1, 0.15) is 6.07 Å². The molecule has 4 aromatic rings. The number of nitrogens with two attached hydrogens (primary N) is 2. The van der Waals surface area contributed by atoms with Crippen molar-refractivity contribution in [2.45, 2.75) is 44.3 Å². The molecule has 1 aliphatic rings. The van der Waals surface area contributed by atoms with E-state index in [1.54, 1.807) is 23.3 Å². The summed E-state index contributed by atoms with van der Waals surface area (Å²) in [5.74, 6) is 6.50. The zero-order valence-corrected chi connectivity index (χ0v) is 23.4. The van der Waals surface area contributed by atoms with Crippen LogP contribution in [0.5, 0.6) is 0 Å². The predicted molar refractivity (Wildman–Crippen MR) is 163 cm³/mol. The Bertz CT molecular complexity index is 1670. The van der Waals surface area contributed by atoms with Crippen LogP contribution in [0.4, 0.5) is 11.4 Å². The first kappa shape index (κ1) is 27.8. The second kappa shape index (κ2) is 12.2. The average Bonchev–Trinajstić information content (AvgIpc) is 3.86. The van der Waals surface area contributed by atoms with Gasteiger partial charge in [-0.2, -0.15) is 10.5 Å². The summed E-state index contributed by atoms with van der Waals surface area (Å²) in [5.41, 5.74) is 11.6. The first-order chi connectivity index (χ1) is 20.0. The Labute approximate surface area is 244 Å². The molecule has 0 bridgehead atoms. The molecule has 3 aromatic carbocycles. The number of hydrogen-bond donors (Lipinski definition) is 4. The first-order valence-corrected chi connectivity index (χ1v) is 13.9. The van der Waals surface area contributed by atoms with E-state index in [-0.39, 0.29) is 12.1 Å². The van der Waals surface area contributed by atoms with Crippen LogP contribution in [0.3, 0.4) is 0 Å². The van der Waals surface area contributed by atoms with Gasteiger partial charge in [0, 0.05) is 29.5 Å². The zero-order valence-electron chi connectivity index (χ0n) is 22.7. The molecule has 41 heavy (non-hydrogen) atoms. The van der Waals surface area contributed by atoms with Gasteiger partial charge in [0.2, 0.25) is 0 Å². The number of nitriles is 2. The summed E-state index contributed by atoms with van der Waals surface area (Å²) in [4.78, 5) is 4.51. The molecule has 0 saturated heterocycles. The molecule has 2 unspecified atom stereocenters. The van der Waals surface area contributed by atoms with Crippen LogP contribution in [0.15, 0.2) is 84.8 Å². The minimum Gasteiger partial charge on any atom is -0.403 e. The summed E-state index contributed by atoms with van der Waals surface area (Å²) in [6, 6.07) is 25.4. The standard InChI is InChI=1S/C32H31ClN8/c1-2-28(21-8-4-3-5-9-21)40-30-23(17-35)19-38-32-26(30)14-24(15-27(32)33)39-31(22-10-6-7-20(13-22)16-34)29(18-36)41(37)25-11-12-25/h3-10,13-15,18-19,25,28,31,39H,2,11-12,36-37H2,1H3,(H,38,40)/b29-18-. The Kier molecular flexibility index (Phi) is 8.26. The van der Waals surface area contributed by atoms with E-state index in [1.165, 1.54) is 6.20 Å². The maximum Gasteiger partial charge on any atom is 0.103 e. The van der Waals surface area contributed by atoms with Crippen LogP contribution < -0.4 is 22.2 Å². The minimum absolute atomic E-state index is 0.0260. The molecule has 0 spiro atoms. The van der Waals surface area contributed by atoms with Gasteiger partial charge in [-0.3, -0.25) is 4.98 Å². The predicted octanol–water partition coefficient (Wildman–Crippen LogP) is 6.49. The van der Waals surface area contributed by atoms with Gasteiger partial charge in [0.05, 0.1) is 51.2 Å². The molecule has 0 amide bonds. The van der Waals surface area contributed by atoms with Crippen LogP contribution in [0.2, 0.25) is 5.02 Å². The third-order valence-corrected chi connectivity index (χ3v) is 7.63. The maximum atomic E-state index is 9.99. The van der Waals surface area contributed by atoms with E-state index >= 15 is 0 Å². The number of hydrazine groups is 1. The molecule has 206 valence electrons. The number of pyridine rings is 1. The molecule has 5 rings (SSSR count). The number of halogens is 1. The lowest BCUT2D eigenvalue weighted by Gasteiger charge is -2.30. The molecule has 1 fully saturated rings. The third kappa shape index (κ3) is 5.90. The van der Waals surface area contributed by atoms with Gasteiger partial charge in [0.25, 0.3) is 0 Å². The summed E-state index contributed by atoms with van der Waals surface area (Å²) in [6.07, 6.45) is 5.83. The highest BCUT2D eigenvalue weighted by Crippen LogP contribution is 2.39. The molecule has 0 radical (unpaired) electrons. The van der Waals surface area contributed by atoms with Crippen LogP contribution >= 0.6 is 11.6 Å². The number of nitrogens with zero attached hydrogens (tertiary/aromatic N) is 4. The molecule has 9 heteroatoms. The molecule has 0 aliphatic heterocycles. The third-order valence-electron chi connectivity index (χ3n) is 7.34. The van der Waals surface area contributed by atoms with Gasteiger partial charge in [0.15, 0.2) is 0 Å². The fraction of sp³-hybridized carbons (Fsp3) is 0.219. The van der Waals surface area contributed by atoms with Gasteiger partial charge >= 0.3 is 0 Å². The second-order valence-electron chi connectivity index (χ2n) is 10.1. The number of benzene rings is 3. The van der Waals surface area contributed by atoms with Gasteiger partial charge < -0.3 is 21.4 Å². The van der Waals surface area contributed by atoms with Gasteiger partial charge in [-0.1, -0.05) is 61.0 Å². The minimum atomic E-state index is -0.469.